The van der Waals surface area contributed by atoms with Gasteiger partial charge in [-0.3, -0.25) is 4.79 Å². The van der Waals surface area contributed by atoms with Crippen molar-refractivity contribution in [3.8, 4) is 0 Å². The zero-order valence-electron chi connectivity index (χ0n) is 10.1. The molecule has 0 aliphatic rings. The fourth-order valence-corrected chi connectivity index (χ4v) is 2.13. The zero-order valence-corrected chi connectivity index (χ0v) is 11.0. The van der Waals surface area contributed by atoms with Gasteiger partial charge < -0.3 is 16.4 Å². The van der Waals surface area contributed by atoms with Gasteiger partial charge in [0.15, 0.2) is 0 Å². The van der Waals surface area contributed by atoms with Crippen molar-refractivity contribution >= 4 is 29.2 Å². The summed E-state index contributed by atoms with van der Waals surface area (Å²) in [4.78, 5) is 17.6. The van der Waals surface area contributed by atoms with Crippen molar-refractivity contribution in [3.63, 3.8) is 0 Å². The molecular weight excluding hydrogens is 236 g/mol. The first-order valence-corrected chi connectivity index (χ1v) is 6.49. The third-order valence-corrected chi connectivity index (χ3v) is 3.31. The van der Waals surface area contributed by atoms with E-state index in [1.54, 1.807) is 17.0 Å². The quantitative estimate of drug-likeness (QED) is 0.771. The Morgan fingerprint density at radius 1 is 1.35 bits per heavy atom. The first-order chi connectivity index (χ1) is 8.08. The van der Waals surface area contributed by atoms with Gasteiger partial charge in [0.1, 0.15) is 5.82 Å². The number of hydrogen-bond donors (Lipinski definition) is 2. The van der Waals surface area contributed by atoms with E-state index < -0.39 is 0 Å². The lowest BCUT2D eigenvalue weighted by Crippen LogP contribution is -2.31. The Morgan fingerprint density at radius 2 is 2.00 bits per heavy atom. The first-order valence-electron chi connectivity index (χ1n) is 5.51. The summed E-state index contributed by atoms with van der Waals surface area (Å²) >= 11 is 1.37. The number of thioether (sulfide) groups is 1. The van der Waals surface area contributed by atoms with Crippen molar-refractivity contribution in [3.05, 3.63) is 12.1 Å². The van der Waals surface area contributed by atoms with Gasteiger partial charge in [0, 0.05) is 13.1 Å². The van der Waals surface area contributed by atoms with E-state index in [9.17, 15) is 4.79 Å². The molecule has 0 aliphatic carbocycles. The highest BCUT2D eigenvalue weighted by Gasteiger charge is 2.10. The van der Waals surface area contributed by atoms with E-state index in [1.165, 1.54) is 11.8 Å². The van der Waals surface area contributed by atoms with Gasteiger partial charge in [-0.05, 0) is 26.0 Å². The SMILES string of the molecule is CCN(CC)C(=O)CSc1ccc(N)c(N)n1. The molecule has 0 aliphatic heterocycles. The smallest absolute Gasteiger partial charge is 0.232 e. The molecule has 0 spiro atoms. The molecule has 6 heteroatoms. The van der Waals surface area contributed by atoms with Crippen LogP contribution in [0.25, 0.3) is 0 Å². The number of nitrogens with zero attached hydrogens (tertiary/aromatic N) is 2. The van der Waals surface area contributed by atoms with Gasteiger partial charge in [-0.2, -0.15) is 0 Å². The summed E-state index contributed by atoms with van der Waals surface area (Å²) in [6.07, 6.45) is 0. The molecule has 1 heterocycles. The maximum Gasteiger partial charge on any atom is 0.232 e. The molecule has 5 nitrogen and oxygen atoms in total. The standard InChI is InChI=1S/C11H18N4OS/c1-3-15(4-2)10(16)7-17-9-6-5-8(12)11(13)14-9/h5-6H,3-4,7,12H2,1-2H3,(H2,13,14). The molecule has 0 fully saturated rings. The van der Waals surface area contributed by atoms with Crippen LogP contribution in [0.3, 0.4) is 0 Å². The molecule has 94 valence electrons. The number of amides is 1. The number of rotatable bonds is 5. The maximum absolute atomic E-state index is 11.8. The topological polar surface area (TPSA) is 85.2 Å². The van der Waals surface area contributed by atoms with Crippen molar-refractivity contribution in [1.82, 2.24) is 9.88 Å². The molecule has 0 bridgehead atoms. The summed E-state index contributed by atoms with van der Waals surface area (Å²) in [5.41, 5.74) is 11.6. The number of aromatic nitrogens is 1. The second-order valence-corrected chi connectivity index (χ2v) is 4.47. The van der Waals surface area contributed by atoms with E-state index in [1.807, 2.05) is 13.8 Å². The van der Waals surface area contributed by atoms with Gasteiger partial charge in [0.05, 0.1) is 16.5 Å². The summed E-state index contributed by atoms with van der Waals surface area (Å²) < 4.78 is 0. The van der Waals surface area contributed by atoms with Crippen LogP contribution in [0.1, 0.15) is 13.8 Å². The minimum Gasteiger partial charge on any atom is -0.396 e. The fraction of sp³-hybridized carbons (Fsp3) is 0.455. The van der Waals surface area contributed by atoms with Crippen LogP contribution in [0.15, 0.2) is 17.2 Å². The lowest BCUT2D eigenvalue weighted by molar-refractivity contribution is -0.127. The Balaban J connectivity index is 2.55. The molecule has 0 aromatic carbocycles. The van der Waals surface area contributed by atoms with E-state index in [0.29, 0.717) is 17.3 Å². The number of pyridine rings is 1. The molecule has 0 saturated heterocycles. The van der Waals surface area contributed by atoms with Crippen LogP contribution in [0.4, 0.5) is 11.5 Å². The first kappa shape index (κ1) is 13.6. The van der Waals surface area contributed by atoms with Crippen LogP contribution in [-0.2, 0) is 4.79 Å². The Hall–Kier alpha value is -1.43. The highest BCUT2D eigenvalue weighted by atomic mass is 32.2. The van der Waals surface area contributed by atoms with Crippen molar-refractivity contribution in [2.24, 2.45) is 0 Å². The lowest BCUT2D eigenvalue weighted by atomic mass is 10.4. The Labute approximate surface area is 106 Å². The number of hydrogen-bond acceptors (Lipinski definition) is 5. The van der Waals surface area contributed by atoms with Crippen LogP contribution in [0.2, 0.25) is 0 Å². The summed E-state index contributed by atoms with van der Waals surface area (Å²) in [6.45, 7) is 5.39. The molecule has 0 saturated carbocycles. The van der Waals surface area contributed by atoms with Crippen LogP contribution >= 0.6 is 11.8 Å². The van der Waals surface area contributed by atoms with Crippen molar-refractivity contribution in [2.75, 3.05) is 30.3 Å². The second kappa shape index (κ2) is 6.34. The molecule has 0 atom stereocenters. The van der Waals surface area contributed by atoms with E-state index >= 15 is 0 Å². The van der Waals surface area contributed by atoms with Crippen LogP contribution in [0.5, 0.6) is 0 Å². The number of nitrogens with two attached hydrogens (primary N) is 2. The molecule has 0 unspecified atom stereocenters. The van der Waals surface area contributed by atoms with Gasteiger partial charge in [-0.1, -0.05) is 11.8 Å². The van der Waals surface area contributed by atoms with Crippen molar-refractivity contribution in [1.29, 1.82) is 0 Å². The predicted octanol–water partition coefficient (Wildman–Crippen LogP) is 1.21. The third kappa shape index (κ3) is 3.81. The minimum absolute atomic E-state index is 0.109. The monoisotopic (exact) mass is 254 g/mol. The number of nitrogen functional groups attached to an aromatic ring is 2. The summed E-state index contributed by atoms with van der Waals surface area (Å²) in [6, 6.07) is 3.47. The summed E-state index contributed by atoms with van der Waals surface area (Å²) in [7, 11) is 0. The molecule has 1 aromatic rings. The molecule has 1 amide bonds. The zero-order chi connectivity index (χ0) is 12.8. The van der Waals surface area contributed by atoms with Gasteiger partial charge in [-0.25, -0.2) is 4.98 Å². The van der Waals surface area contributed by atoms with Gasteiger partial charge in [-0.15, -0.1) is 0 Å². The van der Waals surface area contributed by atoms with Crippen LogP contribution < -0.4 is 11.5 Å². The Morgan fingerprint density at radius 3 is 2.53 bits per heavy atom. The molecule has 4 N–H and O–H groups in total. The minimum atomic E-state index is 0.109. The summed E-state index contributed by atoms with van der Waals surface area (Å²) in [5, 5.41) is 0.720. The molecule has 1 rings (SSSR count). The predicted molar refractivity (Wildman–Crippen MR) is 71.7 cm³/mol. The largest absolute Gasteiger partial charge is 0.396 e. The normalized spacial score (nSPS) is 10.2. The average Bonchev–Trinajstić information content (AvgIpc) is 2.32. The number of carbonyl (C=O) groups is 1. The van der Waals surface area contributed by atoms with Gasteiger partial charge >= 0.3 is 0 Å². The molecular formula is C11H18N4OS. The van der Waals surface area contributed by atoms with Crippen molar-refractivity contribution in [2.45, 2.75) is 18.9 Å². The fourth-order valence-electron chi connectivity index (χ4n) is 1.35. The van der Waals surface area contributed by atoms with E-state index in [4.69, 9.17) is 11.5 Å². The van der Waals surface area contributed by atoms with Gasteiger partial charge in [0.25, 0.3) is 0 Å². The average molecular weight is 254 g/mol. The van der Waals surface area contributed by atoms with Gasteiger partial charge in [0.2, 0.25) is 5.91 Å². The van der Waals surface area contributed by atoms with Crippen molar-refractivity contribution < 1.29 is 4.79 Å². The molecule has 0 radical (unpaired) electrons. The highest BCUT2D eigenvalue weighted by molar-refractivity contribution is 7.99. The number of anilines is 2. The van der Waals surface area contributed by atoms with E-state index in [2.05, 4.69) is 4.98 Å². The van der Waals surface area contributed by atoms with Crippen LogP contribution in [-0.4, -0.2) is 34.6 Å². The Kier molecular flexibility index (Phi) is 5.09. The summed E-state index contributed by atoms with van der Waals surface area (Å²) in [5.74, 6) is 0.792. The third-order valence-electron chi connectivity index (χ3n) is 2.39. The van der Waals surface area contributed by atoms with E-state index in [0.717, 1.165) is 18.1 Å². The maximum atomic E-state index is 11.8. The molecule has 1 aromatic heterocycles. The van der Waals surface area contributed by atoms with Crippen LogP contribution in [0, 0.1) is 0 Å². The van der Waals surface area contributed by atoms with E-state index in [-0.39, 0.29) is 5.91 Å². The highest BCUT2D eigenvalue weighted by Crippen LogP contribution is 2.20. The molecule has 17 heavy (non-hydrogen) atoms. The second-order valence-electron chi connectivity index (χ2n) is 3.48. The Bertz CT molecular complexity index is 393. The number of carbonyl (C=O) groups excluding carboxylic acids is 1. The lowest BCUT2D eigenvalue weighted by Gasteiger charge is -2.18.